The van der Waals surface area contributed by atoms with Gasteiger partial charge in [-0.2, -0.15) is 0 Å². The van der Waals surface area contributed by atoms with Crippen LogP contribution in [0.1, 0.15) is 0 Å². The highest BCUT2D eigenvalue weighted by Gasteiger charge is 2.24. The number of rotatable bonds is 6. The van der Waals surface area contributed by atoms with E-state index in [1.807, 2.05) is 45.9 Å². The van der Waals surface area contributed by atoms with Crippen LogP contribution in [0.15, 0.2) is 84.0 Å². The molecule has 0 radical (unpaired) electrons. The number of aromatic nitrogens is 3. The Bertz CT molecular complexity index is 1310. The molecule has 35 heavy (non-hydrogen) atoms. The number of halogens is 2. The number of thioether (sulfide) groups is 1. The van der Waals surface area contributed by atoms with Crippen molar-refractivity contribution in [3.05, 3.63) is 90.5 Å². The third kappa shape index (κ3) is 5.05. The molecule has 0 N–H and O–H groups in total. The third-order valence-electron chi connectivity index (χ3n) is 5.90. The Morgan fingerprint density at radius 2 is 1.51 bits per heavy atom. The van der Waals surface area contributed by atoms with Crippen molar-refractivity contribution in [3.63, 3.8) is 0 Å². The first kappa shape index (κ1) is 23.0. The largest absolute Gasteiger partial charge is 0.366 e. The number of carbonyl (C=O) groups is 1. The highest BCUT2D eigenvalue weighted by atomic mass is 32.2. The van der Waals surface area contributed by atoms with E-state index in [4.69, 9.17) is 0 Å². The monoisotopic (exact) mass is 491 g/mol. The zero-order chi connectivity index (χ0) is 24.2. The molecule has 0 unspecified atom stereocenters. The average molecular weight is 492 g/mol. The molecule has 1 aromatic heterocycles. The van der Waals surface area contributed by atoms with Crippen LogP contribution < -0.4 is 4.90 Å². The van der Waals surface area contributed by atoms with E-state index in [1.54, 1.807) is 29.2 Å². The van der Waals surface area contributed by atoms with Crippen molar-refractivity contribution in [2.75, 3.05) is 36.8 Å². The van der Waals surface area contributed by atoms with Crippen LogP contribution in [0.4, 0.5) is 14.5 Å². The van der Waals surface area contributed by atoms with Crippen LogP contribution in [0.2, 0.25) is 0 Å². The SMILES string of the molecule is O=C(CSc1nnc(-c2ccccc2)n1-c1ccc(F)cc1)N1CCN(c2ccccc2F)CC1. The first-order chi connectivity index (χ1) is 17.1. The van der Waals surface area contributed by atoms with Crippen LogP contribution in [-0.2, 0) is 4.79 Å². The molecule has 9 heteroatoms. The number of nitrogens with zero attached hydrogens (tertiary/aromatic N) is 5. The summed E-state index contributed by atoms with van der Waals surface area (Å²) in [6.45, 7) is 2.18. The van der Waals surface area contributed by atoms with Crippen LogP contribution >= 0.6 is 11.8 Å². The van der Waals surface area contributed by atoms with Gasteiger partial charge in [-0.05, 0) is 36.4 Å². The molecule has 1 saturated heterocycles. The summed E-state index contributed by atoms with van der Waals surface area (Å²) >= 11 is 1.29. The number of hydrogen-bond acceptors (Lipinski definition) is 5. The normalized spacial score (nSPS) is 13.8. The first-order valence-corrected chi connectivity index (χ1v) is 12.3. The lowest BCUT2D eigenvalue weighted by molar-refractivity contribution is -0.128. The Balaban J connectivity index is 1.29. The summed E-state index contributed by atoms with van der Waals surface area (Å²) in [6, 6.07) is 22.4. The lowest BCUT2D eigenvalue weighted by atomic mass is 10.2. The molecular weight excluding hydrogens is 468 g/mol. The molecule has 1 fully saturated rings. The van der Waals surface area contributed by atoms with Crippen molar-refractivity contribution < 1.29 is 13.6 Å². The molecule has 3 aromatic carbocycles. The maximum atomic E-state index is 14.1. The van der Waals surface area contributed by atoms with E-state index in [0.29, 0.717) is 48.5 Å². The highest BCUT2D eigenvalue weighted by molar-refractivity contribution is 7.99. The molecule has 1 aliphatic heterocycles. The Hall–Kier alpha value is -3.72. The lowest BCUT2D eigenvalue weighted by Gasteiger charge is -2.36. The quantitative estimate of drug-likeness (QED) is 0.368. The molecule has 0 saturated carbocycles. The van der Waals surface area contributed by atoms with Gasteiger partial charge in [-0.1, -0.05) is 54.2 Å². The second-order valence-corrected chi connectivity index (χ2v) is 9.03. The molecule has 4 aromatic rings. The minimum atomic E-state index is -0.331. The van der Waals surface area contributed by atoms with Gasteiger partial charge in [0.2, 0.25) is 5.91 Å². The molecule has 5 rings (SSSR count). The second-order valence-electron chi connectivity index (χ2n) is 8.09. The van der Waals surface area contributed by atoms with Gasteiger partial charge in [0.05, 0.1) is 11.4 Å². The number of benzene rings is 3. The van der Waals surface area contributed by atoms with Crippen molar-refractivity contribution in [2.45, 2.75) is 5.16 Å². The summed E-state index contributed by atoms with van der Waals surface area (Å²) < 4.78 is 29.5. The summed E-state index contributed by atoms with van der Waals surface area (Å²) in [4.78, 5) is 16.7. The predicted molar refractivity (Wildman–Crippen MR) is 133 cm³/mol. The highest BCUT2D eigenvalue weighted by Crippen LogP contribution is 2.28. The smallest absolute Gasteiger partial charge is 0.233 e. The Morgan fingerprint density at radius 1 is 0.829 bits per heavy atom. The molecular formula is C26H23F2N5OS. The van der Waals surface area contributed by atoms with Crippen LogP contribution in [0.25, 0.3) is 17.1 Å². The van der Waals surface area contributed by atoms with E-state index in [1.165, 1.54) is 30.0 Å². The maximum Gasteiger partial charge on any atom is 0.233 e. The van der Waals surface area contributed by atoms with Gasteiger partial charge in [-0.25, -0.2) is 8.78 Å². The van der Waals surface area contributed by atoms with Crippen LogP contribution in [0.3, 0.4) is 0 Å². The van der Waals surface area contributed by atoms with E-state index < -0.39 is 0 Å². The standard InChI is InChI=1S/C26H23F2N5OS/c27-20-10-12-21(13-11-20)33-25(19-6-2-1-3-7-19)29-30-26(33)35-18-24(34)32-16-14-31(15-17-32)23-9-5-4-8-22(23)28/h1-13H,14-18H2. The average Bonchev–Trinajstić information content (AvgIpc) is 3.32. The summed E-state index contributed by atoms with van der Waals surface area (Å²) in [5, 5.41) is 9.24. The Kier molecular flexibility index (Phi) is 6.76. The summed E-state index contributed by atoms with van der Waals surface area (Å²) in [5.74, 6) is 0.205. The predicted octanol–water partition coefficient (Wildman–Crippen LogP) is 4.65. The fourth-order valence-electron chi connectivity index (χ4n) is 4.08. The van der Waals surface area contributed by atoms with Gasteiger partial charge >= 0.3 is 0 Å². The minimum Gasteiger partial charge on any atom is -0.366 e. The van der Waals surface area contributed by atoms with E-state index in [2.05, 4.69) is 10.2 Å². The van der Waals surface area contributed by atoms with E-state index >= 15 is 0 Å². The lowest BCUT2D eigenvalue weighted by Crippen LogP contribution is -2.49. The maximum absolute atomic E-state index is 14.1. The topological polar surface area (TPSA) is 54.3 Å². The number of hydrogen-bond donors (Lipinski definition) is 0. The van der Waals surface area contributed by atoms with Gasteiger partial charge in [0.1, 0.15) is 11.6 Å². The molecule has 0 aliphatic carbocycles. The molecule has 1 aliphatic rings. The molecule has 0 spiro atoms. The molecule has 2 heterocycles. The van der Waals surface area contributed by atoms with Crippen molar-refractivity contribution in [1.29, 1.82) is 0 Å². The van der Waals surface area contributed by atoms with Crippen molar-refractivity contribution in [3.8, 4) is 17.1 Å². The van der Waals surface area contributed by atoms with E-state index in [-0.39, 0.29) is 23.3 Å². The van der Waals surface area contributed by atoms with E-state index in [0.717, 1.165) is 5.56 Å². The van der Waals surface area contributed by atoms with Gasteiger partial charge in [-0.3, -0.25) is 9.36 Å². The first-order valence-electron chi connectivity index (χ1n) is 11.3. The zero-order valence-electron chi connectivity index (χ0n) is 18.8. The van der Waals surface area contributed by atoms with Crippen LogP contribution in [0, 0.1) is 11.6 Å². The van der Waals surface area contributed by atoms with Crippen LogP contribution in [0.5, 0.6) is 0 Å². The summed E-state index contributed by atoms with van der Waals surface area (Å²) in [5.41, 5.74) is 2.14. The second kappa shape index (κ2) is 10.3. The Morgan fingerprint density at radius 3 is 2.23 bits per heavy atom. The van der Waals surface area contributed by atoms with Crippen molar-refractivity contribution >= 4 is 23.4 Å². The minimum absolute atomic E-state index is 0.0156. The summed E-state index contributed by atoms with van der Waals surface area (Å²) in [7, 11) is 0. The number of anilines is 1. The van der Waals surface area contributed by atoms with Gasteiger partial charge < -0.3 is 9.80 Å². The van der Waals surface area contributed by atoms with Crippen molar-refractivity contribution in [1.82, 2.24) is 19.7 Å². The number of piperazine rings is 1. The third-order valence-corrected chi connectivity index (χ3v) is 6.81. The van der Waals surface area contributed by atoms with Crippen LogP contribution in [-0.4, -0.2) is 57.5 Å². The molecule has 0 bridgehead atoms. The molecule has 6 nitrogen and oxygen atoms in total. The van der Waals surface area contributed by atoms with Gasteiger partial charge in [0.15, 0.2) is 11.0 Å². The summed E-state index contributed by atoms with van der Waals surface area (Å²) in [6.07, 6.45) is 0. The fraction of sp³-hybridized carbons (Fsp3) is 0.192. The molecule has 178 valence electrons. The van der Waals surface area contributed by atoms with Gasteiger partial charge in [0, 0.05) is 37.4 Å². The van der Waals surface area contributed by atoms with Gasteiger partial charge in [-0.15, -0.1) is 10.2 Å². The number of amides is 1. The number of carbonyl (C=O) groups excluding carboxylic acids is 1. The molecule has 1 amide bonds. The Labute approximate surface area is 206 Å². The molecule has 0 atom stereocenters. The fourth-order valence-corrected chi connectivity index (χ4v) is 4.94. The van der Waals surface area contributed by atoms with E-state index in [9.17, 15) is 13.6 Å². The van der Waals surface area contributed by atoms with Crippen molar-refractivity contribution in [2.24, 2.45) is 0 Å². The number of para-hydroxylation sites is 1. The zero-order valence-corrected chi connectivity index (χ0v) is 19.7. The van der Waals surface area contributed by atoms with Gasteiger partial charge in [0.25, 0.3) is 0 Å².